The molecule has 0 fully saturated rings. The zero-order valence-corrected chi connectivity index (χ0v) is 12.8. The lowest BCUT2D eigenvalue weighted by Crippen LogP contribution is -1.98. The Bertz CT molecular complexity index is 723. The third-order valence-corrected chi connectivity index (χ3v) is 4.71. The molecule has 8 heteroatoms. The lowest BCUT2D eigenvalue weighted by molar-refractivity contribution is 0.727. The Morgan fingerprint density at radius 3 is 2.74 bits per heavy atom. The summed E-state index contributed by atoms with van der Waals surface area (Å²) in [6.07, 6.45) is 0. The van der Waals surface area contributed by atoms with Crippen LogP contribution in [-0.4, -0.2) is 31.2 Å². The molecule has 0 unspecified atom stereocenters. The molecule has 0 aliphatic carbocycles. The van der Waals surface area contributed by atoms with E-state index < -0.39 is 0 Å². The Morgan fingerprint density at radius 1 is 1.26 bits per heavy atom. The maximum atomic E-state index is 4.64. The molecule has 0 aliphatic rings. The number of nitrogens with one attached hydrogen (secondary N) is 1. The van der Waals surface area contributed by atoms with E-state index in [1.807, 2.05) is 18.5 Å². The molecular formula is C11H14N6S2. The molecule has 0 saturated carbocycles. The Hall–Kier alpha value is -1.54. The molecule has 6 nitrogen and oxygen atoms in total. The van der Waals surface area contributed by atoms with Crippen molar-refractivity contribution < 1.29 is 0 Å². The van der Waals surface area contributed by atoms with Gasteiger partial charge in [-0.25, -0.2) is 0 Å². The van der Waals surface area contributed by atoms with Gasteiger partial charge in [0.1, 0.15) is 5.00 Å². The maximum Gasteiger partial charge on any atom is 0.234 e. The predicted octanol–water partition coefficient (Wildman–Crippen LogP) is 2.78. The van der Waals surface area contributed by atoms with Crippen LogP contribution in [0.3, 0.4) is 0 Å². The standard InChI is InChI=1S/C11H14N6S2/c1-5(2)8-13-14-11-17(8)15-10(18-11)7-6(3)16-19-9(7)12-4/h5,12H,1-4H3. The third-order valence-electron chi connectivity index (χ3n) is 2.84. The second kappa shape index (κ2) is 4.53. The number of rotatable bonds is 3. The number of anilines is 1. The van der Waals surface area contributed by atoms with Gasteiger partial charge in [-0.2, -0.15) is 14.0 Å². The summed E-state index contributed by atoms with van der Waals surface area (Å²) in [6, 6.07) is 0. The average Bonchev–Trinajstić information content (AvgIpc) is 3.00. The summed E-state index contributed by atoms with van der Waals surface area (Å²) in [6.45, 7) is 6.18. The van der Waals surface area contributed by atoms with Crippen LogP contribution < -0.4 is 5.32 Å². The summed E-state index contributed by atoms with van der Waals surface area (Å²) in [5.74, 6) is 1.19. The Balaban J connectivity index is 2.18. The highest BCUT2D eigenvalue weighted by atomic mass is 32.1. The number of nitrogens with zero attached hydrogens (tertiary/aromatic N) is 5. The first-order valence-electron chi connectivity index (χ1n) is 5.98. The van der Waals surface area contributed by atoms with Crippen molar-refractivity contribution in [2.45, 2.75) is 26.7 Å². The molecule has 19 heavy (non-hydrogen) atoms. The van der Waals surface area contributed by atoms with Crippen molar-refractivity contribution in [2.24, 2.45) is 0 Å². The molecule has 3 aromatic rings. The Kier molecular flexibility index (Phi) is 2.98. The molecule has 0 atom stereocenters. The summed E-state index contributed by atoms with van der Waals surface area (Å²) in [7, 11) is 1.90. The van der Waals surface area contributed by atoms with Crippen molar-refractivity contribution in [1.82, 2.24) is 24.2 Å². The number of fused-ring (bicyclic) bond motifs is 1. The molecule has 0 saturated heterocycles. The van der Waals surface area contributed by atoms with E-state index in [2.05, 4.69) is 38.8 Å². The summed E-state index contributed by atoms with van der Waals surface area (Å²) >= 11 is 3.00. The van der Waals surface area contributed by atoms with Gasteiger partial charge in [0.05, 0.1) is 11.3 Å². The minimum absolute atomic E-state index is 0.301. The Morgan fingerprint density at radius 2 is 2.05 bits per heavy atom. The van der Waals surface area contributed by atoms with Gasteiger partial charge in [0.2, 0.25) is 4.96 Å². The van der Waals surface area contributed by atoms with Gasteiger partial charge in [-0.05, 0) is 18.5 Å². The zero-order valence-electron chi connectivity index (χ0n) is 11.1. The highest BCUT2D eigenvalue weighted by Gasteiger charge is 2.19. The van der Waals surface area contributed by atoms with Crippen LogP contribution in [0.1, 0.15) is 31.3 Å². The topological polar surface area (TPSA) is 68.0 Å². The molecule has 3 aromatic heterocycles. The molecule has 0 spiro atoms. The minimum Gasteiger partial charge on any atom is -0.378 e. The van der Waals surface area contributed by atoms with Crippen molar-refractivity contribution in [2.75, 3.05) is 12.4 Å². The van der Waals surface area contributed by atoms with Crippen LogP contribution in [0.25, 0.3) is 15.5 Å². The smallest absolute Gasteiger partial charge is 0.234 e. The molecule has 3 heterocycles. The van der Waals surface area contributed by atoms with Crippen LogP contribution in [0, 0.1) is 6.92 Å². The minimum atomic E-state index is 0.301. The van der Waals surface area contributed by atoms with E-state index in [0.717, 1.165) is 32.1 Å². The quantitative estimate of drug-likeness (QED) is 0.804. The fourth-order valence-electron chi connectivity index (χ4n) is 1.89. The van der Waals surface area contributed by atoms with E-state index in [1.165, 1.54) is 11.5 Å². The van der Waals surface area contributed by atoms with Crippen LogP contribution >= 0.6 is 22.9 Å². The molecule has 3 rings (SSSR count). The van der Waals surface area contributed by atoms with Crippen LogP contribution in [0.4, 0.5) is 5.00 Å². The van der Waals surface area contributed by atoms with E-state index in [1.54, 1.807) is 11.3 Å². The van der Waals surface area contributed by atoms with Crippen molar-refractivity contribution in [3.05, 3.63) is 11.5 Å². The second-order valence-electron chi connectivity index (χ2n) is 4.54. The van der Waals surface area contributed by atoms with E-state index in [0.29, 0.717) is 5.92 Å². The van der Waals surface area contributed by atoms with Gasteiger partial charge in [0.25, 0.3) is 0 Å². The number of hydrogen-bond acceptors (Lipinski definition) is 7. The van der Waals surface area contributed by atoms with Gasteiger partial charge in [-0.3, -0.25) is 0 Å². The number of hydrogen-bond donors (Lipinski definition) is 1. The molecule has 0 bridgehead atoms. The SMILES string of the molecule is CNc1snc(C)c1-c1nn2c(C(C)C)nnc2s1. The van der Waals surface area contributed by atoms with E-state index in [-0.39, 0.29) is 0 Å². The van der Waals surface area contributed by atoms with Gasteiger partial charge >= 0.3 is 0 Å². The third kappa shape index (κ3) is 1.91. The second-order valence-corrected chi connectivity index (χ2v) is 6.27. The van der Waals surface area contributed by atoms with Crippen LogP contribution in [0.15, 0.2) is 0 Å². The molecule has 0 amide bonds. The van der Waals surface area contributed by atoms with Gasteiger partial charge in [-0.1, -0.05) is 25.2 Å². The van der Waals surface area contributed by atoms with Crippen LogP contribution in [0.5, 0.6) is 0 Å². The lowest BCUT2D eigenvalue weighted by Gasteiger charge is -1.99. The molecule has 0 radical (unpaired) electrons. The summed E-state index contributed by atoms with van der Waals surface area (Å²) < 4.78 is 6.21. The first kappa shape index (κ1) is 12.5. The highest BCUT2D eigenvalue weighted by molar-refractivity contribution is 7.20. The maximum absolute atomic E-state index is 4.64. The molecule has 1 N–H and O–H groups in total. The number of aryl methyl sites for hydroxylation is 1. The molecule has 0 aromatic carbocycles. The molecule has 0 aliphatic heterocycles. The largest absolute Gasteiger partial charge is 0.378 e. The van der Waals surface area contributed by atoms with E-state index in [9.17, 15) is 0 Å². The van der Waals surface area contributed by atoms with Gasteiger partial charge in [-0.15, -0.1) is 10.2 Å². The van der Waals surface area contributed by atoms with Crippen molar-refractivity contribution >= 4 is 32.8 Å². The number of aromatic nitrogens is 5. The monoisotopic (exact) mass is 294 g/mol. The normalized spacial score (nSPS) is 11.6. The average molecular weight is 294 g/mol. The van der Waals surface area contributed by atoms with Crippen molar-refractivity contribution in [1.29, 1.82) is 0 Å². The molecular weight excluding hydrogens is 280 g/mol. The zero-order chi connectivity index (χ0) is 13.6. The molecule has 100 valence electrons. The summed E-state index contributed by atoms with van der Waals surface area (Å²) in [5, 5.41) is 18.1. The van der Waals surface area contributed by atoms with Gasteiger partial charge in [0, 0.05) is 13.0 Å². The van der Waals surface area contributed by atoms with Crippen LogP contribution in [-0.2, 0) is 0 Å². The predicted molar refractivity (Wildman–Crippen MR) is 78.1 cm³/mol. The van der Waals surface area contributed by atoms with Crippen LogP contribution in [0.2, 0.25) is 0 Å². The fourth-order valence-corrected chi connectivity index (χ4v) is 3.65. The Labute approximate surface area is 118 Å². The summed E-state index contributed by atoms with van der Waals surface area (Å²) in [4.78, 5) is 0.825. The lowest BCUT2D eigenvalue weighted by atomic mass is 10.2. The highest BCUT2D eigenvalue weighted by Crippen LogP contribution is 2.36. The van der Waals surface area contributed by atoms with Crippen molar-refractivity contribution in [3.8, 4) is 10.6 Å². The van der Waals surface area contributed by atoms with E-state index in [4.69, 9.17) is 0 Å². The first-order chi connectivity index (χ1) is 9.11. The summed E-state index contributed by atoms with van der Waals surface area (Å²) in [5.41, 5.74) is 2.06. The van der Waals surface area contributed by atoms with E-state index >= 15 is 0 Å². The fraction of sp³-hybridized carbons (Fsp3) is 0.455. The van der Waals surface area contributed by atoms with Gasteiger partial charge in [0.15, 0.2) is 10.8 Å². The first-order valence-corrected chi connectivity index (χ1v) is 7.57. The van der Waals surface area contributed by atoms with Crippen molar-refractivity contribution in [3.63, 3.8) is 0 Å². The van der Waals surface area contributed by atoms with Gasteiger partial charge < -0.3 is 5.32 Å².